The molecule has 0 radical (unpaired) electrons. The maximum atomic E-state index is 10.7. The molecule has 2 N–H and O–H groups in total. The second-order valence-corrected chi connectivity index (χ2v) is 3.50. The molecule has 0 saturated carbocycles. The molecular weight excluding hydrogens is 208 g/mol. The summed E-state index contributed by atoms with van der Waals surface area (Å²) in [6.07, 6.45) is 3.45. The van der Waals surface area contributed by atoms with Gasteiger partial charge < -0.3 is 5.73 Å². The fraction of sp³-hybridized carbons (Fsp3) is 0.100. The number of nitrogens with zero attached hydrogens (tertiary/aromatic N) is 3. The van der Waals surface area contributed by atoms with E-state index in [0.717, 1.165) is 5.56 Å². The van der Waals surface area contributed by atoms with E-state index in [0.29, 0.717) is 11.4 Å². The van der Waals surface area contributed by atoms with Gasteiger partial charge in [0.15, 0.2) is 0 Å². The highest BCUT2D eigenvalue weighted by Crippen LogP contribution is 2.21. The molecule has 1 heterocycles. The van der Waals surface area contributed by atoms with Crippen molar-refractivity contribution in [2.75, 3.05) is 5.73 Å². The maximum Gasteiger partial charge on any atom is 0.273 e. The first-order valence-corrected chi connectivity index (χ1v) is 4.63. The molecule has 0 aliphatic carbocycles. The van der Waals surface area contributed by atoms with Crippen molar-refractivity contribution >= 4 is 11.4 Å². The Morgan fingerprint density at radius 3 is 2.75 bits per heavy atom. The number of nitro benzene ring substituents is 1. The zero-order chi connectivity index (χ0) is 11.7. The maximum absolute atomic E-state index is 10.7. The van der Waals surface area contributed by atoms with Crippen molar-refractivity contribution in [2.45, 2.75) is 6.92 Å². The first-order chi connectivity index (χ1) is 7.56. The van der Waals surface area contributed by atoms with Gasteiger partial charge in [0.25, 0.3) is 5.69 Å². The van der Waals surface area contributed by atoms with Crippen LogP contribution in [0.2, 0.25) is 0 Å². The number of non-ortho nitro benzene ring substituents is 1. The van der Waals surface area contributed by atoms with Crippen molar-refractivity contribution in [2.24, 2.45) is 0 Å². The third-order valence-electron chi connectivity index (χ3n) is 2.11. The quantitative estimate of drug-likeness (QED) is 0.472. The van der Waals surface area contributed by atoms with E-state index in [1.54, 1.807) is 23.1 Å². The molecule has 1 aromatic carbocycles. The molecule has 2 rings (SSSR count). The number of nitrogens with two attached hydrogens (primary N) is 1. The van der Waals surface area contributed by atoms with Gasteiger partial charge in [-0.05, 0) is 18.6 Å². The molecule has 0 amide bonds. The Kier molecular flexibility index (Phi) is 2.32. The van der Waals surface area contributed by atoms with Crippen molar-refractivity contribution in [3.8, 4) is 5.69 Å². The number of benzene rings is 1. The number of nitro groups is 1. The van der Waals surface area contributed by atoms with Crippen LogP contribution in [-0.4, -0.2) is 14.7 Å². The second-order valence-electron chi connectivity index (χ2n) is 3.50. The van der Waals surface area contributed by atoms with Crippen molar-refractivity contribution in [1.29, 1.82) is 0 Å². The molecule has 0 aliphatic heterocycles. The van der Waals surface area contributed by atoms with Gasteiger partial charge in [-0.1, -0.05) is 0 Å². The average molecular weight is 218 g/mol. The van der Waals surface area contributed by atoms with Crippen molar-refractivity contribution in [1.82, 2.24) is 9.78 Å². The highest BCUT2D eigenvalue weighted by molar-refractivity contribution is 5.56. The summed E-state index contributed by atoms with van der Waals surface area (Å²) in [5, 5.41) is 14.7. The largest absolute Gasteiger partial charge is 0.398 e. The molecule has 0 unspecified atom stereocenters. The number of rotatable bonds is 2. The standard InChI is InChI=1S/C10H10N4O2/c1-7-5-12-13(6-7)9-2-8(11)3-10(4-9)14(15)16/h2-6H,11H2,1H3. The van der Waals surface area contributed by atoms with Crippen molar-refractivity contribution < 1.29 is 4.92 Å². The zero-order valence-corrected chi connectivity index (χ0v) is 8.62. The van der Waals surface area contributed by atoms with Gasteiger partial charge in [0.05, 0.1) is 16.8 Å². The Hall–Kier alpha value is -2.37. The molecule has 0 spiro atoms. The van der Waals surface area contributed by atoms with Crippen LogP contribution in [0, 0.1) is 17.0 Å². The van der Waals surface area contributed by atoms with Crippen LogP contribution < -0.4 is 5.73 Å². The van der Waals surface area contributed by atoms with Crippen LogP contribution in [0.3, 0.4) is 0 Å². The van der Waals surface area contributed by atoms with E-state index >= 15 is 0 Å². The summed E-state index contributed by atoms with van der Waals surface area (Å²) in [6, 6.07) is 4.39. The number of aromatic nitrogens is 2. The molecular formula is C10H10N4O2. The SMILES string of the molecule is Cc1cnn(-c2cc(N)cc([N+](=O)[O-])c2)c1. The second kappa shape index (κ2) is 3.65. The highest BCUT2D eigenvalue weighted by Gasteiger charge is 2.09. The predicted octanol–water partition coefficient (Wildman–Crippen LogP) is 1.67. The summed E-state index contributed by atoms with van der Waals surface area (Å²) in [4.78, 5) is 10.2. The summed E-state index contributed by atoms with van der Waals surface area (Å²) in [5.41, 5.74) is 7.46. The molecule has 6 heteroatoms. The van der Waals surface area contributed by atoms with Crippen molar-refractivity contribution in [3.05, 3.63) is 46.3 Å². The van der Waals surface area contributed by atoms with E-state index in [1.165, 1.54) is 12.1 Å². The lowest BCUT2D eigenvalue weighted by molar-refractivity contribution is -0.384. The number of hydrogen-bond acceptors (Lipinski definition) is 4. The molecule has 0 atom stereocenters. The Morgan fingerprint density at radius 2 is 2.19 bits per heavy atom. The summed E-state index contributed by atoms with van der Waals surface area (Å²) in [6.45, 7) is 1.89. The topological polar surface area (TPSA) is 87.0 Å². The number of hydrogen-bond donors (Lipinski definition) is 1. The van der Waals surface area contributed by atoms with E-state index in [9.17, 15) is 10.1 Å². The highest BCUT2D eigenvalue weighted by atomic mass is 16.6. The molecule has 0 bridgehead atoms. The van der Waals surface area contributed by atoms with Gasteiger partial charge >= 0.3 is 0 Å². The van der Waals surface area contributed by atoms with Crippen LogP contribution in [0.5, 0.6) is 0 Å². The van der Waals surface area contributed by atoms with Gasteiger partial charge in [-0.25, -0.2) is 4.68 Å². The first-order valence-electron chi connectivity index (χ1n) is 4.63. The smallest absolute Gasteiger partial charge is 0.273 e. The number of nitrogen functional groups attached to an aromatic ring is 1. The Morgan fingerprint density at radius 1 is 1.44 bits per heavy atom. The minimum Gasteiger partial charge on any atom is -0.398 e. The van der Waals surface area contributed by atoms with Crippen LogP contribution in [0.15, 0.2) is 30.6 Å². The van der Waals surface area contributed by atoms with Gasteiger partial charge in [0, 0.05) is 24.0 Å². The van der Waals surface area contributed by atoms with Crippen molar-refractivity contribution in [3.63, 3.8) is 0 Å². The molecule has 82 valence electrons. The minimum absolute atomic E-state index is 0.0387. The van der Waals surface area contributed by atoms with E-state index in [4.69, 9.17) is 5.73 Å². The summed E-state index contributed by atoms with van der Waals surface area (Å²) >= 11 is 0. The third kappa shape index (κ3) is 1.85. The zero-order valence-electron chi connectivity index (χ0n) is 8.62. The molecule has 2 aromatic rings. The molecule has 16 heavy (non-hydrogen) atoms. The lowest BCUT2D eigenvalue weighted by Crippen LogP contribution is -1.98. The normalized spacial score (nSPS) is 10.3. The van der Waals surface area contributed by atoms with Gasteiger partial charge in [0.1, 0.15) is 0 Å². The predicted molar refractivity (Wildman–Crippen MR) is 59.4 cm³/mol. The van der Waals surface area contributed by atoms with Gasteiger partial charge in [-0.3, -0.25) is 10.1 Å². The average Bonchev–Trinajstić information content (AvgIpc) is 2.64. The lowest BCUT2D eigenvalue weighted by Gasteiger charge is -2.02. The van der Waals surface area contributed by atoms with Crippen LogP contribution in [0.1, 0.15) is 5.56 Å². The summed E-state index contributed by atoms with van der Waals surface area (Å²) in [5.74, 6) is 0. The Bertz CT molecular complexity index is 548. The fourth-order valence-corrected chi connectivity index (χ4v) is 1.41. The molecule has 0 aliphatic rings. The number of aryl methyl sites for hydroxylation is 1. The molecule has 6 nitrogen and oxygen atoms in total. The fourth-order valence-electron chi connectivity index (χ4n) is 1.41. The van der Waals surface area contributed by atoms with Gasteiger partial charge in [0.2, 0.25) is 0 Å². The van der Waals surface area contributed by atoms with Crippen LogP contribution in [0.4, 0.5) is 11.4 Å². The van der Waals surface area contributed by atoms with E-state index in [1.807, 2.05) is 6.92 Å². The molecule has 0 fully saturated rings. The van der Waals surface area contributed by atoms with Crippen LogP contribution in [0.25, 0.3) is 5.69 Å². The van der Waals surface area contributed by atoms with Crippen LogP contribution >= 0.6 is 0 Å². The molecule has 1 aromatic heterocycles. The minimum atomic E-state index is -0.476. The third-order valence-corrected chi connectivity index (χ3v) is 2.11. The van der Waals surface area contributed by atoms with E-state index in [-0.39, 0.29) is 5.69 Å². The van der Waals surface area contributed by atoms with Gasteiger partial charge in [-0.2, -0.15) is 5.10 Å². The van der Waals surface area contributed by atoms with E-state index < -0.39 is 4.92 Å². The Labute approximate surface area is 91.5 Å². The summed E-state index contributed by atoms with van der Waals surface area (Å²) < 4.78 is 1.55. The Balaban J connectivity index is 2.53. The van der Waals surface area contributed by atoms with E-state index in [2.05, 4.69) is 5.10 Å². The van der Waals surface area contributed by atoms with Crippen LogP contribution in [-0.2, 0) is 0 Å². The number of anilines is 1. The summed E-state index contributed by atoms with van der Waals surface area (Å²) in [7, 11) is 0. The lowest BCUT2D eigenvalue weighted by atomic mass is 10.2. The molecule has 0 saturated heterocycles. The monoisotopic (exact) mass is 218 g/mol. The first kappa shape index (κ1) is 10.2. The van der Waals surface area contributed by atoms with Gasteiger partial charge in [-0.15, -0.1) is 0 Å².